The van der Waals surface area contributed by atoms with E-state index in [0.717, 1.165) is 71.9 Å². The van der Waals surface area contributed by atoms with Crippen LogP contribution in [0.1, 0.15) is 40.6 Å². The summed E-state index contributed by atoms with van der Waals surface area (Å²) in [5, 5.41) is 37.5. The van der Waals surface area contributed by atoms with Gasteiger partial charge in [-0.3, -0.25) is 9.59 Å². The molecule has 19 heteroatoms. The molecule has 3 aliphatic rings. The molecule has 8 aromatic heterocycles. The number of nitrogens with zero attached hydrogens (tertiary/aromatic N) is 9. The van der Waals surface area contributed by atoms with E-state index >= 15 is 0 Å². The van der Waals surface area contributed by atoms with Crippen LogP contribution in [0.5, 0.6) is 0 Å². The van der Waals surface area contributed by atoms with Gasteiger partial charge in [-0.15, -0.1) is 22.7 Å². The first-order valence-electron chi connectivity index (χ1n) is 19.0. The number of anilines is 4. The molecule has 15 nitrogen and oxygen atoms in total. The molecular weight excluding hydrogens is 834 g/mol. The molecule has 59 heavy (non-hydrogen) atoms. The molecular formula is C40H35Cl2N11O4S2. The van der Waals surface area contributed by atoms with Gasteiger partial charge in [0.25, 0.3) is 0 Å². The number of halogens is 2. The Morgan fingerprint density at radius 2 is 1.27 bits per heavy atom. The first-order chi connectivity index (χ1) is 28.5. The molecule has 11 rings (SSSR count). The van der Waals surface area contributed by atoms with E-state index in [0.29, 0.717) is 54.6 Å². The van der Waals surface area contributed by atoms with E-state index in [4.69, 9.17) is 23.2 Å². The zero-order chi connectivity index (χ0) is 40.6. The molecule has 1 aliphatic heterocycles. The molecule has 2 aliphatic carbocycles. The average Bonchev–Trinajstić information content (AvgIpc) is 4.01. The Balaban J connectivity index is 0.000000145. The number of likely N-dealkylation sites (tertiary alicyclic amines) is 1. The highest BCUT2D eigenvalue weighted by atomic mass is 35.5. The van der Waals surface area contributed by atoms with Crippen molar-refractivity contribution in [2.75, 3.05) is 23.7 Å². The number of carbonyl (C=O) groups excluding carboxylic acids is 1. The number of nitrogens with one attached hydrogen (secondary N) is 2. The van der Waals surface area contributed by atoms with Gasteiger partial charge < -0.3 is 25.7 Å². The van der Waals surface area contributed by atoms with E-state index in [-0.39, 0.29) is 17.7 Å². The van der Waals surface area contributed by atoms with Crippen LogP contribution in [0.25, 0.3) is 31.5 Å². The van der Waals surface area contributed by atoms with Gasteiger partial charge in [-0.1, -0.05) is 23.2 Å². The third kappa shape index (κ3) is 6.99. The lowest BCUT2D eigenvalue weighted by atomic mass is 9.85. The molecule has 2 atom stereocenters. The summed E-state index contributed by atoms with van der Waals surface area (Å²) < 4.78 is 3.44. The van der Waals surface area contributed by atoms with E-state index in [9.17, 15) is 19.8 Å². The fraction of sp³-hybridized carbons (Fsp3) is 0.300. The molecule has 1 amide bonds. The van der Waals surface area contributed by atoms with Gasteiger partial charge in [0.2, 0.25) is 5.91 Å². The van der Waals surface area contributed by atoms with Crippen molar-refractivity contribution in [1.29, 1.82) is 0 Å². The number of aromatic nitrogens is 8. The van der Waals surface area contributed by atoms with E-state index in [1.807, 2.05) is 24.3 Å². The van der Waals surface area contributed by atoms with E-state index < -0.39 is 11.6 Å². The number of rotatable bonds is 6. The van der Waals surface area contributed by atoms with Crippen molar-refractivity contribution in [3.63, 3.8) is 0 Å². The molecule has 4 N–H and O–H groups in total. The minimum absolute atomic E-state index is 0.0465. The van der Waals surface area contributed by atoms with Gasteiger partial charge in [-0.25, -0.2) is 29.0 Å². The van der Waals surface area contributed by atoms with E-state index in [2.05, 4.69) is 40.8 Å². The summed E-state index contributed by atoms with van der Waals surface area (Å²) in [6.07, 6.45) is 14.2. The maximum atomic E-state index is 12.9. The molecule has 9 heterocycles. The first kappa shape index (κ1) is 37.8. The molecule has 300 valence electrons. The van der Waals surface area contributed by atoms with Crippen LogP contribution in [0.4, 0.5) is 23.0 Å². The summed E-state index contributed by atoms with van der Waals surface area (Å²) in [6, 6.07) is 7.68. The normalized spacial score (nSPS) is 18.3. The highest BCUT2D eigenvalue weighted by Gasteiger charge is 2.42. The molecule has 0 aromatic carbocycles. The molecule has 0 bridgehead atoms. The molecule has 1 fully saturated rings. The van der Waals surface area contributed by atoms with Crippen molar-refractivity contribution >= 4 is 112 Å². The lowest BCUT2D eigenvalue weighted by Gasteiger charge is -2.45. The number of carboxylic acid groups (broad SMARTS) is 1. The molecule has 0 unspecified atom stereocenters. The third-order valence-corrected chi connectivity index (χ3v) is 14.2. The average molecular weight is 869 g/mol. The Kier molecular flexibility index (Phi) is 9.40. The lowest BCUT2D eigenvalue weighted by Crippen LogP contribution is -2.63. The van der Waals surface area contributed by atoms with Crippen molar-refractivity contribution in [1.82, 2.24) is 44.1 Å². The van der Waals surface area contributed by atoms with Crippen molar-refractivity contribution in [3.8, 4) is 0 Å². The summed E-state index contributed by atoms with van der Waals surface area (Å²) >= 11 is 16.1. The Hall–Kier alpha value is -5.46. The Morgan fingerprint density at radius 1 is 0.780 bits per heavy atom. The summed E-state index contributed by atoms with van der Waals surface area (Å²) in [5.74, 6) is 0.454. The van der Waals surface area contributed by atoms with Crippen LogP contribution in [0.2, 0.25) is 10.0 Å². The lowest BCUT2D eigenvalue weighted by molar-refractivity contribution is -0.157. The number of hydrogen-bond donors (Lipinski definition) is 4. The molecule has 0 spiro atoms. The molecule has 0 saturated carbocycles. The number of aryl methyl sites for hydroxylation is 2. The Morgan fingerprint density at radius 3 is 1.76 bits per heavy atom. The SMILES string of the molecule is CC1(O)CN(C(=O)[C@H]2CCc3c(sc4ncnc(Nc5cc6ccnn6cc5Cl)c34)C2)C1.O=C(O)[C@H]1CCc2c(sc3ncnc(Nc4cc5ccnn5cc4Cl)c23)C1. The predicted molar refractivity (Wildman–Crippen MR) is 228 cm³/mol. The van der Waals surface area contributed by atoms with Crippen LogP contribution >= 0.6 is 45.9 Å². The minimum Gasteiger partial charge on any atom is -0.481 e. The van der Waals surface area contributed by atoms with Gasteiger partial charge in [0.1, 0.15) is 34.0 Å². The topological polar surface area (TPSA) is 188 Å². The largest absolute Gasteiger partial charge is 0.481 e. The maximum absolute atomic E-state index is 12.9. The summed E-state index contributed by atoms with van der Waals surface area (Å²) in [5.41, 5.74) is 4.97. The number of aliphatic carboxylic acids is 1. The quantitative estimate of drug-likeness (QED) is 0.130. The fourth-order valence-electron chi connectivity index (χ4n) is 8.35. The molecule has 1 saturated heterocycles. The van der Waals surface area contributed by atoms with Crippen molar-refractivity contribution in [2.45, 2.75) is 51.0 Å². The van der Waals surface area contributed by atoms with Crippen LogP contribution in [0.15, 0.2) is 61.7 Å². The van der Waals surface area contributed by atoms with E-state index in [1.165, 1.54) is 16.8 Å². The number of carbonyl (C=O) groups is 2. The first-order valence-corrected chi connectivity index (χ1v) is 21.4. The summed E-state index contributed by atoms with van der Waals surface area (Å²) in [4.78, 5) is 47.9. The maximum Gasteiger partial charge on any atom is 0.306 e. The van der Waals surface area contributed by atoms with Gasteiger partial charge in [-0.2, -0.15) is 10.2 Å². The Labute approximate surface area is 353 Å². The zero-order valence-corrected chi connectivity index (χ0v) is 34.5. The van der Waals surface area contributed by atoms with Crippen molar-refractivity contribution in [2.24, 2.45) is 11.8 Å². The van der Waals surface area contributed by atoms with Gasteiger partial charge in [0.15, 0.2) is 0 Å². The van der Waals surface area contributed by atoms with Gasteiger partial charge in [0, 0.05) is 40.5 Å². The summed E-state index contributed by atoms with van der Waals surface area (Å²) in [7, 11) is 0. The van der Waals surface area contributed by atoms with Gasteiger partial charge in [0.05, 0.1) is 67.8 Å². The van der Waals surface area contributed by atoms with Crippen LogP contribution in [0.3, 0.4) is 0 Å². The number of aliphatic hydroxyl groups is 1. The Bertz CT molecular complexity index is 2970. The molecule has 8 aromatic rings. The summed E-state index contributed by atoms with van der Waals surface area (Å²) in [6.45, 7) is 2.61. The van der Waals surface area contributed by atoms with Crippen molar-refractivity contribution < 1.29 is 19.8 Å². The van der Waals surface area contributed by atoms with E-state index in [1.54, 1.807) is 74.6 Å². The smallest absolute Gasteiger partial charge is 0.306 e. The third-order valence-electron chi connectivity index (χ3n) is 11.2. The highest BCUT2D eigenvalue weighted by Crippen LogP contribution is 2.43. The second kappa shape index (κ2) is 14.7. The highest BCUT2D eigenvalue weighted by molar-refractivity contribution is 7.19. The molecule has 0 radical (unpaired) electrons. The predicted octanol–water partition coefficient (Wildman–Crippen LogP) is 7.36. The fourth-order valence-corrected chi connectivity index (χ4v) is 11.3. The minimum atomic E-state index is -0.746. The van der Waals surface area contributed by atoms with Gasteiger partial charge >= 0.3 is 5.97 Å². The van der Waals surface area contributed by atoms with Gasteiger partial charge in [-0.05, 0) is 80.8 Å². The second-order valence-corrected chi connectivity index (χ2v) is 18.4. The standard InChI is InChI=1S/C22H21ClN6O2S.C18H14ClN5O2S/c1-22(31)9-28(10-22)21(30)12-2-3-14-17(6-12)32-20-18(14)19(24-11-25-20)27-16-7-13-4-5-26-29(13)8-15(16)23;19-12-7-24-10(3-4-22-24)6-13(12)23-16-15-11-2-1-9(18(25)26)5-14(11)27-17(15)21-8-20-16/h4-5,7-8,11-12,31H,2-3,6,9-10H2,1H3,(H,24,25,27);3-4,6-9H,1-2,5H2,(H,25,26)(H,20,21,23)/t12-;9-/m00/s1. The van der Waals surface area contributed by atoms with Crippen LogP contribution in [-0.4, -0.2) is 84.8 Å². The number of carboxylic acids is 1. The number of thiophene rings is 2. The van der Waals surface area contributed by atoms with Crippen LogP contribution in [-0.2, 0) is 35.3 Å². The second-order valence-electron chi connectivity index (χ2n) is 15.4. The number of β-amino-alcohol motifs (C(OH)–C–C–N with tert-alkyl or cyclic N) is 1. The number of amides is 1. The monoisotopic (exact) mass is 867 g/mol. The number of pyridine rings is 2. The zero-order valence-electron chi connectivity index (χ0n) is 31.4. The number of fused-ring (bicyclic) bond motifs is 8. The van der Waals surface area contributed by atoms with Crippen molar-refractivity contribution in [3.05, 3.63) is 92.6 Å². The number of hydrogen-bond acceptors (Lipinski definition) is 13. The van der Waals surface area contributed by atoms with Crippen LogP contribution in [0, 0.1) is 11.8 Å². The van der Waals surface area contributed by atoms with Crippen LogP contribution < -0.4 is 10.6 Å².